The van der Waals surface area contributed by atoms with Crippen LogP contribution >= 0.6 is 11.3 Å². The number of rotatable bonds is 7. The van der Waals surface area contributed by atoms with Crippen LogP contribution in [0.25, 0.3) is 0 Å². The normalized spacial score (nSPS) is 21.6. The van der Waals surface area contributed by atoms with Crippen LogP contribution in [0.2, 0.25) is 0 Å². The van der Waals surface area contributed by atoms with Gasteiger partial charge in [-0.2, -0.15) is 0 Å². The summed E-state index contributed by atoms with van der Waals surface area (Å²) in [6.45, 7) is 8.24. The van der Waals surface area contributed by atoms with Crippen LogP contribution < -0.4 is 5.32 Å². The van der Waals surface area contributed by atoms with Gasteiger partial charge < -0.3 is 5.32 Å². The first-order valence-electron chi connectivity index (χ1n) is 7.36. The van der Waals surface area contributed by atoms with Crippen LogP contribution in [0.3, 0.4) is 0 Å². The van der Waals surface area contributed by atoms with E-state index in [-0.39, 0.29) is 0 Å². The summed E-state index contributed by atoms with van der Waals surface area (Å²) in [7, 11) is 0. The van der Waals surface area contributed by atoms with Gasteiger partial charge in [0.1, 0.15) is 0 Å². The van der Waals surface area contributed by atoms with Crippen LogP contribution in [-0.2, 0) is 0 Å². The Bertz CT molecular complexity index is 317. The third-order valence-corrected chi connectivity index (χ3v) is 4.80. The summed E-state index contributed by atoms with van der Waals surface area (Å²) in [5, 5.41) is 5.84. The molecule has 0 radical (unpaired) electrons. The average molecular weight is 266 g/mol. The largest absolute Gasteiger partial charge is 0.313 e. The lowest BCUT2D eigenvalue weighted by atomic mass is 10.1. The van der Waals surface area contributed by atoms with E-state index in [1.807, 2.05) is 11.3 Å². The molecular formula is C15H26N2S. The highest BCUT2D eigenvalue weighted by molar-refractivity contribution is 7.10. The Kier molecular flexibility index (Phi) is 5.67. The molecule has 0 spiro atoms. The average Bonchev–Trinajstić information content (AvgIpc) is 3.03. The molecule has 0 aliphatic carbocycles. The van der Waals surface area contributed by atoms with E-state index in [2.05, 4.69) is 41.6 Å². The smallest absolute Gasteiger partial charge is 0.0439 e. The summed E-state index contributed by atoms with van der Waals surface area (Å²) in [6.07, 6.45) is 5.16. The highest BCUT2D eigenvalue weighted by Gasteiger charge is 2.23. The van der Waals surface area contributed by atoms with Crippen molar-refractivity contribution in [2.45, 2.75) is 51.6 Å². The van der Waals surface area contributed by atoms with Gasteiger partial charge in [0.25, 0.3) is 0 Å². The van der Waals surface area contributed by atoms with Gasteiger partial charge in [0, 0.05) is 23.5 Å². The fraction of sp³-hybridized carbons (Fsp3) is 0.733. The fourth-order valence-electron chi connectivity index (χ4n) is 2.98. The van der Waals surface area contributed by atoms with E-state index in [4.69, 9.17) is 0 Å². The molecule has 0 saturated carbocycles. The van der Waals surface area contributed by atoms with Crippen molar-refractivity contribution < 1.29 is 0 Å². The lowest BCUT2D eigenvalue weighted by Gasteiger charge is -2.32. The molecule has 102 valence electrons. The third-order valence-electron chi connectivity index (χ3n) is 3.83. The quantitative estimate of drug-likeness (QED) is 0.810. The molecule has 2 nitrogen and oxygen atoms in total. The molecule has 2 unspecified atom stereocenters. The van der Waals surface area contributed by atoms with Gasteiger partial charge in [-0.1, -0.05) is 19.9 Å². The molecular weight excluding hydrogens is 240 g/mol. The van der Waals surface area contributed by atoms with Gasteiger partial charge in [-0.3, -0.25) is 4.90 Å². The topological polar surface area (TPSA) is 15.3 Å². The van der Waals surface area contributed by atoms with Crippen LogP contribution in [0.4, 0.5) is 0 Å². The maximum atomic E-state index is 3.63. The van der Waals surface area contributed by atoms with Gasteiger partial charge >= 0.3 is 0 Å². The van der Waals surface area contributed by atoms with Crippen molar-refractivity contribution in [3.8, 4) is 0 Å². The minimum atomic E-state index is 0.618. The van der Waals surface area contributed by atoms with Crippen LogP contribution in [0.15, 0.2) is 17.5 Å². The molecule has 1 aromatic rings. The zero-order chi connectivity index (χ0) is 12.8. The molecule has 1 aliphatic heterocycles. The van der Waals surface area contributed by atoms with E-state index in [1.54, 1.807) is 0 Å². The second kappa shape index (κ2) is 7.27. The van der Waals surface area contributed by atoms with Crippen molar-refractivity contribution in [3.05, 3.63) is 22.4 Å². The van der Waals surface area contributed by atoms with Crippen molar-refractivity contribution in [1.29, 1.82) is 0 Å². The zero-order valence-corrected chi connectivity index (χ0v) is 12.5. The molecule has 1 fully saturated rings. The number of hydrogen-bond acceptors (Lipinski definition) is 3. The van der Waals surface area contributed by atoms with Gasteiger partial charge in [0.05, 0.1) is 0 Å². The van der Waals surface area contributed by atoms with E-state index in [9.17, 15) is 0 Å². The molecule has 1 aromatic heterocycles. The third kappa shape index (κ3) is 3.56. The Hall–Kier alpha value is -0.380. The van der Waals surface area contributed by atoms with E-state index in [1.165, 1.54) is 50.2 Å². The predicted octanol–water partition coefficient (Wildman–Crippen LogP) is 3.66. The van der Waals surface area contributed by atoms with Gasteiger partial charge in [-0.25, -0.2) is 0 Å². The van der Waals surface area contributed by atoms with Gasteiger partial charge in [-0.05, 0) is 50.2 Å². The second-order valence-corrected chi connectivity index (χ2v) is 6.21. The molecule has 2 rings (SSSR count). The molecule has 1 aliphatic rings. The number of thiophene rings is 1. The van der Waals surface area contributed by atoms with Crippen molar-refractivity contribution in [1.82, 2.24) is 10.2 Å². The standard InChI is InChI=1S/C15H26N2S/c1-3-10-17(12-13-7-5-9-16-13)14(4-2)15-8-6-11-18-15/h6,8,11,13-14,16H,3-5,7,9-10,12H2,1-2H3. The number of nitrogens with one attached hydrogen (secondary N) is 1. The minimum Gasteiger partial charge on any atom is -0.313 e. The Morgan fingerprint density at radius 2 is 2.39 bits per heavy atom. The lowest BCUT2D eigenvalue weighted by molar-refractivity contribution is 0.178. The van der Waals surface area contributed by atoms with E-state index < -0.39 is 0 Å². The van der Waals surface area contributed by atoms with Gasteiger partial charge in [0.15, 0.2) is 0 Å². The Morgan fingerprint density at radius 1 is 1.50 bits per heavy atom. The zero-order valence-electron chi connectivity index (χ0n) is 11.7. The Labute approximate surface area is 115 Å². The maximum absolute atomic E-state index is 3.63. The first-order chi connectivity index (χ1) is 8.85. The second-order valence-electron chi connectivity index (χ2n) is 5.23. The first-order valence-corrected chi connectivity index (χ1v) is 8.24. The highest BCUT2D eigenvalue weighted by atomic mass is 32.1. The first kappa shape index (κ1) is 14.0. The highest BCUT2D eigenvalue weighted by Crippen LogP contribution is 2.28. The van der Waals surface area contributed by atoms with Crippen molar-refractivity contribution in [2.24, 2.45) is 0 Å². The summed E-state index contributed by atoms with van der Waals surface area (Å²) in [6, 6.07) is 5.81. The molecule has 0 amide bonds. The Morgan fingerprint density at radius 3 is 2.94 bits per heavy atom. The van der Waals surface area contributed by atoms with E-state index >= 15 is 0 Å². The van der Waals surface area contributed by atoms with Gasteiger partial charge in [-0.15, -0.1) is 11.3 Å². The molecule has 1 saturated heterocycles. The molecule has 1 N–H and O–H groups in total. The number of hydrogen-bond donors (Lipinski definition) is 1. The van der Waals surface area contributed by atoms with Crippen LogP contribution in [0.1, 0.15) is 50.4 Å². The van der Waals surface area contributed by atoms with E-state index in [0.29, 0.717) is 12.1 Å². The molecule has 3 heteroatoms. The fourth-order valence-corrected chi connectivity index (χ4v) is 3.92. The molecule has 0 aromatic carbocycles. The summed E-state index contributed by atoms with van der Waals surface area (Å²) < 4.78 is 0. The molecule has 2 atom stereocenters. The summed E-state index contributed by atoms with van der Waals surface area (Å²) in [4.78, 5) is 4.22. The molecule has 0 bridgehead atoms. The Balaban J connectivity index is 2.01. The van der Waals surface area contributed by atoms with Crippen molar-refractivity contribution >= 4 is 11.3 Å². The predicted molar refractivity (Wildman–Crippen MR) is 80.2 cm³/mol. The molecule has 2 heterocycles. The van der Waals surface area contributed by atoms with Crippen LogP contribution in [0.5, 0.6) is 0 Å². The van der Waals surface area contributed by atoms with Crippen molar-refractivity contribution in [3.63, 3.8) is 0 Å². The SMILES string of the molecule is CCCN(CC1CCCN1)C(CC)c1cccs1. The summed E-state index contributed by atoms with van der Waals surface area (Å²) in [5.74, 6) is 0. The van der Waals surface area contributed by atoms with Crippen LogP contribution in [0, 0.1) is 0 Å². The van der Waals surface area contributed by atoms with Gasteiger partial charge in [0.2, 0.25) is 0 Å². The summed E-state index contributed by atoms with van der Waals surface area (Å²) in [5.41, 5.74) is 0. The van der Waals surface area contributed by atoms with Crippen LogP contribution in [-0.4, -0.2) is 30.6 Å². The maximum Gasteiger partial charge on any atom is 0.0439 e. The summed E-state index contributed by atoms with van der Waals surface area (Å²) >= 11 is 1.91. The van der Waals surface area contributed by atoms with E-state index in [0.717, 1.165) is 0 Å². The monoisotopic (exact) mass is 266 g/mol. The molecule has 18 heavy (non-hydrogen) atoms. The lowest BCUT2D eigenvalue weighted by Crippen LogP contribution is -2.39. The number of nitrogens with zero attached hydrogens (tertiary/aromatic N) is 1. The minimum absolute atomic E-state index is 0.618. The van der Waals surface area contributed by atoms with Crippen molar-refractivity contribution in [2.75, 3.05) is 19.6 Å².